The standard InChI is InChI=1S/C28H29N5O3S/c1-17(2)22-9-6-10-23-26(22)29-28(37-23)31(13-14-32-19(4)15-18(3)30-32)27(36)20-7-5-8-21(16-20)33-24(34)11-12-25(33)35/h5-10,15-17H,11-14H2,1-4H3. The van der Waals surface area contributed by atoms with Gasteiger partial charge in [-0.3, -0.25) is 28.9 Å². The van der Waals surface area contributed by atoms with E-state index in [2.05, 4.69) is 25.0 Å². The summed E-state index contributed by atoms with van der Waals surface area (Å²) in [5, 5.41) is 5.16. The molecule has 0 spiro atoms. The lowest BCUT2D eigenvalue weighted by molar-refractivity contribution is -0.121. The van der Waals surface area contributed by atoms with Gasteiger partial charge in [-0.2, -0.15) is 5.10 Å². The van der Waals surface area contributed by atoms with Crippen LogP contribution in [-0.2, 0) is 16.1 Å². The zero-order valence-corrected chi connectivity index (χ0v) is 22.2. The average molecular weight is 516 g/mol. The Balaban J connectivity index is 1.53. The smallest absolute Gasteiger partial charge is 0.260 e. The highest BCUT2D eigenvalue weighted by Gasteiger charge is 2.31. The lowest BCUT2D eigenvalue weighted by Gasteiger charge is -2.21. The van der Waals surface area contributed by atoms with Crippen molar-refractivity contribution in [2.24, 2.45) is 0 Å². The maximum atomic E-state index is 14.0. The molecule has 0 unspecified atom stereocenters. The second-order valence-corrected chi connectivity index (χ2v) is 10.6. The predicted molar refractivity (Wildman–Crippen MR) is 145 cm³/mol. The molecule has 2 aromatic heterocycles. The summed E-state index contributed by atoms with van der Waals surface area (Å²) in [6.07, 6.45) is 0.380. The van der Waals surface area contributed by atoms with Crippen molar-refractivity contribution in [3.05, 3.63) is 71.0 Å². The van der Waals surface area contributed by atoms with Crippen LogP contribution in [0.2, 0.25) is 0 Å². The van der Waals surface area contributed by atoms with Crippen LogP contribution < -0.4 is 9.80 Å². The zero-order chi connectivity index (χ0) is 26.3. The van der Waals surface area contributed by atoms with E-state index in [1.807, 2.05) is 36.7 Å². The Hall–Kier alpha value is -3.85. The Morgan fingerprint density at radius 1 is 1.05 bits per heavy atom. The summed E-state index contributed by atoms with van der Waals surface area (Å²) in [7, 11) is 0. The minimum absolute atomic E-state index is 0.190. The van der Waals surface area contributed by atoms with Gasteiger partial charge in [0.15, 0.2) is 5.13 Å². The van der Waals surface area contributed by atoms with E-state index >= 15 is 0 Å². The summed E-state index contributed by atoms with van der Waals surface area (Å²) in [4.78, 5) is 46.3. The first-order valence-electron chi connectivity index (χ1n) is 12.4. The molecule has 5 rings (SSSR count). The maximum absolute atomic E-state index is 14.0. The van der Waals surface area contributed by atoms with Gasteiger partial charge in [0.2, 0.25) is 11.8 Å². The first-order valence-corrected chi connectivity index (χ1v) is 13.2. The summed E-state index contributed by atoms with van der Waals surface area (Å²) in [5.41, 5.74) is 4.79. The van der Waals surface area contributed by atoms with Crippen LogP contribution in [0.15, 0.2) is 48.5 Å². The molecule has 1 aliphatic rings. The lowest BCUT2D eigenvalue weighted by Crippen LogP contribution is -2.34. The molecule has 8 nitrogen and oxygen atoms in total. The highest BCUT2D eigenvalue weighted by molar-refractivity contribution is 7.22. The molecule has 4 aromatic rings. The van der Waals surface area contributed by atoms with Crippen molar-refractivity contribution in [2.75, 3.05) is 16.3 Å². The molecule has 1 aliphatic heterocycles. The molecule has 0 radical (unpaired) electrons. The van der Waals surface area contributed by atoms with Crippen molar-refractivity contribution in [1.29, 1.82) is 0 Å². The number of thiazole rings is 1. The van der Waals surface area contributed by atoms with Crippen molar-refractivity contribution in [3.8, 4) is 0 Å². The van der Waals surface area contributed by atoms with Gasteiger partial charge in [-0.1, -0.05) is 43.4 Å². The van der Waals surface area contributed by atoms with E-state index in [-0.39, 0.29) is 30.6 Å². The largest absolute Gasteiger partial charge is 0.282 e. The number of fused-ring (bicyclic) bond motifs is 1. The van der Waals surface area contributed by atoms with Crippen LogP contribution in [0.1, 0.15) is 59.9 Å². The molecule has 0 N–H and O–H groups in total. The molecule has 0 aliphatic carbocycles. The zero-order valence-electron chi connectivity index (χ0n) is 21.4. The number of benzene rings is 2. The summed E-state index contributed by atoms with van der Waals surface area (Å²) in [5.74, 6) is -0.441. The number of amides is 3. The van der Waals surface area contributed by atoms with Crippen molar-refractivity contribution < 1.29 is 14.4 Å². The number of para-hydroxylation sites is 1. The number of hydrogen-bond acceptors (Lipinski definition) is 6. The number of rotatable bonds is 7. The fourth-order valence-electron chi connectivity index (χ4n) is 4.72. The van der Waals surface area contributed by atoms with Gasteiger partial charge in [0.05, 0.1) is 28.1 Å². The number of nitrogens with zero attached hydrogens (tertiary/aromatic N) is 5. The topological polar surface area (TPSA) is 88.4 Å². The minimum Gasteiger partial charge on any atom is -0.282 e. The van der Waals surface area contributed by atoms with Crippen LogP contribution in [0.25, 0.3) is 10.2 Å². The second kappa shape index (κ2) is 9.89. The molecule has 2 aromatic carbocycles. The minimum atomic E-state index is -0.247. The summed E-state index contributed by atoms with van der Waals surface area (Å²) >= 11 is 1.48. The Morgan fingerprint density at radius 3 is 2.46 bits per heavy atom. The second-order valence-electron chi connectivity index (χ2n) is 9.63. The number of carbonyl (C=O) groups is 3. The molecule has 9 heteroatoms. The molecule has 190 valence electrons. The van der Waals surface area contributed by atoms with Gasteiger partial charge >= 0.3 is 0 Å². The molecule has 3 amide bonds. The van der Waals surface area contributed by atoms with E-state index in [1.54, 1.807) is 29.2 Å². The molecule has 1 saturated heterocycles. The van der Waals surface area contributed by atoms with Gasteiger partial charge in [-0.15, -0.1) is 0 Å². The normalized spacial score (nSPS) is 13.8. The predicted octanol–water partition coefficient (Wildman–Crippen LogP) is 5.23. The van der Waals surface area contributed by atoms with E-state index in [4.69, 9.17) is 4.98 Å². The van der Waals surface area contributed by atoms with Crippen molar-refractivity contribution >= 4 is 50.1 Å². The van der Waals surface area contributed by atoms with Gasteiger partial charge in [0, 0.05) is 30.6 Å². The molecule has 0 atom stereocenters. The summed E-state index contributed by atoms with van der Waals surface area (Å²) < 4.78 is 2.91. The van der Waals surface area contributed by atoms with Crippen LogP contribution in [0.5, 0.6) is 0 Å². The Kier molecular flexibility index (Phi) is 6.64. The molecule has 0 bridgehead atoms. The lowest BCUT2D eigenvalue weighted by atomic mass is 10.0. The Morgan fingerprint density at radius 2 is 1.78 bits per heavy atom. The first kappa shape index (κ1) is 24.8. The summed E-state index contributed by atoms with van der Waals surface area (Å²) in [6.45, 7) is 9.06. The third kappa shape index (κ3) is 4.79. The molecule has 1 fully saturated rings. The van der Waals surface area contributed by atoms with Crippen LogP contribution in [0.3, 0.4) is 0 Å². The van der Waals surface area contributed by atoms with Crippen molar-refractivity contribution in [3.63, 3.8) is 0 Å². The Labute approximate surface area is 219 Å². The number of aryl methyl sites for hydroxylation is 2. The Bertz CT molecular complexity index is 1500. The third-order valence-electron chi connectivity index (χ3n) is 6.58. The first-order chi connectivity index (χ1) is 17.7. The summed E-state index contributed by atoms with van der Waals surface area (Å²) in [6, 6.07) is 14.8. The van der Waals surface area contributed by atoms with E-state index < -0.39 is 0 Å². The number of anilines is 2. The maximum Gasteiger partial charge on any atom is 0.260 e. The highest BCUT2D eigenvalue weighted by atomic mass is 32.1. The van der Waals surface area contributed by atoms with E-state index in [1.165, 1.54) is 16.2 Å². The van der Waals surface area contributed by atoms with Gasteiger partial charge in [0.1, 0.15) is 0 Å². The number of aromatic nitrogens is 3. The van der Waals surface area contributed by atoms with Crippen LogP contribution in [0.4, 0.5) is 10.8 Å². The number of carbonyl (C=O) groups excluding carboxylic acids is 3. The van der Waals surface area contributed by atoms with Crippen LogP contribution >= 0.6 is 11.3 Å². The average Bonchev–Trinajstić information content (AvgIpc) is 3.54. The molecular formula is C28H29N5O3S. The van der Waals surface area contributed by atoms with E-state index in [9.17, 15) is 14.4 Å². The molecule has 37 heavy (non-hydrogen) atoms. The van der Waals surface area contributed by atoms with Crippen LogP contribution in [-0.4, -0.2) is 39.0 Å². The van der Waals surface area contributed by atoms with Crippen LogP contribution in [0, 0.1) is 13.8 Å². The van der Waals surface area contributed by atoms with Crippen molar-refractivity contribution in [1.82, 2.24) is 14.8 Å². The quantitative estimate of drug-likeness (QED) is 0.314. The van der Waals surface area contributed by atoms with Crippen molar-refractivity contribution in [2.45, 2.75) is 53.0 Å². The SMILES string of the molecule is Cc1cc(C)n(CCN(C(=O)c2cccc(N3C(=O)CCC3=O)c2)c2nc3c(C(C)C)cccc3s2)n1. The molecule has 3 heterocycles. The van der Waals surface area contributed by atoms with Gasteiger partial charge < -0.3 is 0 Å². The molecule has 0 saturated carbocycles. The molecular weight excluding hydrogens is 486 g/mol. The third-order valence-corrected chi connectivity index (χ3v) is 7.62. The number of hydrogen-bond donors (Lipinski definition) is 0. The van der Waals surface area contributed by atoms with Gasteiger partial charge in [-0.25, -0.2) is 4.98 Å². The fourth-order valence-corrected chi connectivity index (χ4v) is 5.74. The monoisotopic (exact) mass is 515 g/mol. The number of imide groups is 1. The van der Waals surface area contributed by atoms with E-state index in [0.29, 0.717) is 35.4 Å². The fraction of sp³-hybridized carbons (Fsp3) is 0.321. The highest BCUT2D eigenvalue weighted by Crippen LogP contribution is 2.34. The van der Waals surface area contributed by atoms with Gasteiger partial charge in [0.25, 0.3) is 5.91 Å². The van der Waals surface area contributed by atoms with Gasteiger partial charge in [-0.05, 0) is 55.7 Å². The van der Waals surface area contributed by atoms with E-state index in [0.717, 1.165) is 27.2 Å².